The monoisotopic (exact) mass is 251 g/mol. The van der Waals surface area contributed by atoms with Crippen molar-refractivity contribution < 1.29 is 4.74 Å². The normalized spacial score (nSPS) is 12.4. The highest BCUT2D eigenvalue weighted by Crippen LogP contribution is 2.16. The van der Waals surface area contributed by atoms with Crippen molar-refractivity contribution >= 4 is 5.82 Å². The maximum absolute atomic E-state index is 5.18. The van der Waals surface area contributed by atoms with Gasteiger partial charge in [-0.2, -0.15) is 0 Å². The van der Waals surface area contributed by atoms with Gasteiger partial charge in [0.05, 0.1) is 12.3 Å². The Balaban J connectivity index is 2.85. The van der Waals surface area contributed by atoms with Gasteiger partial charge in [0.1, 0.15) is 5.82 Å². The zero-order chi connectivity index (χ0) is 13.4. The summed E-state index contributed by atoms with van der Waals surface area (Å²) in [4.78, 5) is 7.00. The van der Waals surface area contributed by atoms with Crippen LogP contribution < -0.4 is 10.2 Å². The lowest BCUT2D eigenvalue weighted by atomic mass is 10.2. The van der Waals surface area contributed by atoms with Gasteiger partial charge >= 0.3 is 0 Å². The molecule has 1 unspecified atom stereocenters. The molecule has 102 valence electrons. The fourth-order valence-electron chi connectivity index (χ4n) is 1.88. The van der Waals surface area contributed by atoms with E-state index in [4.69, 9.17) is 9.72 Å². The molecule has 1 N–H and O–H groups in total. The van der Waals surface area contributed by atoms with E-state index in [-0.39, 0.29) is 0 Å². The summed E-state index contributed by atoms with van der Waals surface area (Å²) in [6.45, 7) is 6.82. The molecule has 0 aliphatic heterocycles. The molecule has 1 aromatic rings. The Morgan fingerprint density at radius 2 is 2.22 bits per heavy atom. The van der Waals surface area contributed by atoms with Crippen molar-refractivity contribution in [2.75, 3.05) is 32.2 Å². The molecule has 0 saturated heterocycles. The molecule has 0 aliphatic carbocycles. The first-order valence-electron chi connectivity index (χ1n) is 6.59. The summed E-state index contributed by atoms with van der Waals surface area (Å²) in [7, 11) is 3.67. The van der Waals surface area contributed by atoms with E-state index < -0.39 is 0 Å². The Labute approximate surface area is 110 Å². The third-order valence-electron chi connectivity index (χ3n) is 3.10. The molecule has 0 aromatic carbocycles. The van der Waals surface area contributed by atoms with E-state index in [1.54, 1.807) is 7.11 Å². The third-order valence-corrected chi connectivity index (χ3v) is 3.10. The topological polar surface area (TPSA) is 37.4 Å². The van der Waals surface area contributed by atoms with Crippen molar-refractivity contribution in [1.29, 1.82) is 0 Å². The smallest absolute Gasteiger partial charge is 0.129 e. The molecule has 1 heterocycles. The van der Waals surface area contributed by atoms with Gasteiger partial charge in [0.2, 0.25) is 0 Å². The predicted molar refractivity (Wildman–Crippen MR) is 76.0 cm³/mol. The van der Waals surface area contributed by atoms with Crippen LogP contribution in [0.15, 0.2) is 18.2 Å². The van der Waals surface area contributed by atoms with Gasteiger partial charge in [0.25, 0.3) is 0 Å². The molecule has 18 heavy (non-hydrogen) atoms. The van der Waals surface area contributed by atoms with Crippen molar-refractivity contribution in [1.82, 2.24) is 10.3 Å². The molecule has 0 saturated carbocycles. The molecule has 0 radical (unpaired) electrons. The third kappa shape index (κ3) is 4.27. The zero-order valence-electron chi connectivity index (χ0n) is 11.9. The van der Waals surface area contributed by atoms with Crippen molar-refractivity contribution in [3.63, 3.8) is 0 Å². The summed E-state index contributed by atoms with van der Waals surface area (Å²) in [5.41, 5.74) is 1.07. The molecule has 4 heteroatoms. The van der Waals surface area contributed by atoms with Crippen LogP contribution in [-0.4, -0.2) is 38.3 Å². The molecular formula is C14H25N3O. The lowest BCUT2D eigenvalue weighted by Gasteiger charge is -2.29. The molecule has 0 fully saturated rings. The summed E-state index contributed by atoms with van der Waals surface area (Å²) < 4.78 is 5.18. The first kappa shape index (κ1) is 14.9. The van der Waals surface area contributed by atoms with Crippen LogP contribution in [0.2, 0.25) is 0 Å². The fraction of sp³-hybridized carbons (Fsp3) is 0.643. The Morgan fingerprint density at radius 3 is 2.83 bits per heavy atom. The van der Waals surface area contributed by atoms with Gasteiger partial charge in [0.15, 0.2) is 0 Å². The van der Waals surface area contributed by atoms with Gasteiger partial charge in [-0.15, -0.1) is 0 Å². The molecule has 0 amide bonds. The minimum Gasteiger partial charge on any atom is -0.383 e. The van der Waals surface area contributed by atoms with Crippen molar-refractivity contribution in [3.05, 3.63) is 23.9 Å². The fourth-order valence-corrected chi connectivity index (χ4v) is 1.88. The van der Waals surface area contributed by atoms with Crippen LogP contribution in [-0.2, 0) is 11.3 Å². The summed E-state index contributed by atoms with van der Waals surface area (Å²) in [5, 5.41) is 3.13. The van der Waals surface area contributed by atoms with E-state index >= 15 is 0 Å². The number of nitrogens with one attached hydrogen (secondary N) is 1. The quantitative estimate of drug-likeness (QED) is 0.767. The Bertz CT molecular complexity index is 344. The van der Waals surface area contributed by atoms with Gasteiger partial charge in [-0.05, 0) is 32.5 Å². The van der Waals surface area contributed by atoms with Crippen molar-refractivity contribution in [2.45, 2.75) is 32.9 Å². The van der Waals surface area contributed by atoms with Gasteiger partial charge in [0, 0.05) is 26.2 Å². The summed E-state index contributed by atoms with van der Waals surface area (Å²) >= 11 is 0. The van der Waals surface area contributed by atoms with Gasteiger partial charge in [-0.25, -0.2) is 4.98 Å². The molecule has 0 aliphatic rings. The minimum absolute atomic E-state index is 0.470. The molecule has 1 rings (SSSR count). The van der Waals surface area contributed by atoms with Crippen LogP contribution in [0.5, 0.6) is 0 Å². The molecule has 1 aromatic heterocycles. The number of nitrogens with zero attached hydrogens (tertiary/aromatic N) is 2. The number of hydrogen-bond acceptors (Lipinski definition) is 4. The highest BCUT2D eigenvalue weighted by atomic mass is 16.5. The van der Waals surface area contributed by atoms with Crippen molar-refractivity contribution in [2.24, 2.45) is 0 Å². The first-order chi connectivity index (χ1) is 8.72. The molecule has 4 nitrogen and oxygen atoms in total. The number of anilines is 1. The first-order valence-corrected chi connectivity index (χ1v) is 6.59. The van der Waals surface area contributed by atoms with Gasteiger partial charge in [-0.3, -0.25) is 0 Å². The zero-order valence-corrected chi connectivity index (χ0v) is 11.9. The number of aromatic nitrogens is 1. The van der Waals surface area contributed by atoms with E-state index in [9.17, 15) is 0 Å². The average Bonchev–Trinajstić information content (AvgIpc) is 2.39. The van der Waals surface area contributed by atoms with Crippen LogP contribution in [0, 0.1) is 0 Å². The average molecular weight is 251 g/mol. The SMILES string of the molecule is CCC(C)N(CCOC)c1cccc(CNC)n1. The van der Waals surface area contributed by atoms with E-state index in [1.165, 1.54) is 0 Å². The predicted octanol–water partition coefficient (Wildman–Crippen LogP) is 2.05. The molecule has 0 spiro atoms. The van der Waals surface area contributed by atoms with Crippen LogP contribution in [0.3, 0.4) is 0 Å². The van der Waals surface area contributed by atoms with Crippen LogP contribution in [0.1, 0.15) is 26.0 Å². The van der Waals surface area contributed by atoms with Gasteiger partial charge < -0.3 is 15.0 Å². The lowest BCUT2D eigenvalue weighted by molar-refractivity contribution is 0.203. The number of rotatable bonds is 8. The molecular weight excluding hydrogens is 226 g/mol. The summed E-state index contributed by atoms with van der Waals surface area (Å²) in [6, 6.07) is 6.65. The highest BCUT2D eigenvalue weighted by molar-refractivity contribution is 5.40. The number of pyridine rings is 1. The second kappa shape index (κ2) is 8.06. The second-order valence-corrected chi connectivity index (χ2v) is 4.46. The van der Waals surface area contributed by atoms with Crippen LogP contribution in [0.25, 0.3) is 0 Å². The van der Waals surface area contributed by atoms with E-state index in [0.717, 1.165) is 37.6 Å². The van der Waals surface area contributed by atoms with E-state index in [2.05, 4.69) is 36.2 Å². The van der Waals surface area contributed by atoms with Crippen LogP contribution >= 0.6 is 0 Å². The van der Waals surface area contributed by atoms with E-state index in [1.807, 2.05) is 13.1 Å². The summed E-state index contributed by atoms with van der Waals surface area (Å²) in [5.74, 6) is 1.04. The van der Waals surface area contributed by atoms with Crippen molar-refractivity contribution in [3.8, 4) is 0 Å². The largest absolute Gasteiger partial charge is 0.383 e. The second-order valence-electron chi connectivity index (χ2n) is 4.46. The standard InChI is InChI=1S/C14H25N3O/c1-5-12(2)17(9-10-18-4)14-8-6-7-13(16-14)11-15-3/h6-8,12,15H,5,9-11H2,1-4H3. The Hall–Kier alpha value is -1.13. The Morgan fingerprint density at radius 1 is 1.44 bits per heavy atom. The van der Waals surface area contributed by atoms with Gasteiger partial charge in [-0.1, -0.05) is 13.0 Å². The highest BCUT2D eigenvalue weighted by Gasteiger charge is 2.14. The number of methoxy groups -OCH3 is 1. The lowest BCUT2D eigenvalue weighted by Crippen LogP contribution is -2.36. The Kier molecular flexibility index (Phi) is 6.68. The number of hydrogen-bond donors (Lipinski definition) is 1. The van der Waals surface area contributed by atoms with Crippen LogP contribution in [0.4, 0.5) is 5.82 Å². The van der Waals surface area contributed by atoms with E-state index in [0.29, 0.717) is 6.04 Å². The summed E-state index contributed by atoms with van der Waals surface area (Å²) in [6.07, 6.45) is 1.10. The maximum Gasteiger partial charge on any atom is 0.129 e. The molecule has 0 bridgehead atoms. The molecule has 1 atom stereocenters. The number of ether oxygens (including phenoxy) is 1. The maximum atomic E-state index is 5.18. The minimum atomic E-state index is 0.470.